The molecule has 1 aromatic carbocycles. The topological polar surface area (TPSA) is 55.8 Å². The van der Waals surface area contributed by atoms with Gasteiger partial charge in [0.25, 0.3) is 5.91 Å². The van der Waals surface area contributed by atoms with Gasteiger partial charge in [-0.15, -0.1) is 11.8 Å². The maximum atomic E-state index is 12.9. The highest BCUT2D eigenvalue weighted by atomic mass is 32.2. The first-order chi connectivity index (χ1) is 10.6. The minimum absolute atomic E-state index is 0.140. The summed E-state index contributed by atoms with van der Waals surface area (Å²) in [5.41, 5.74) is 0.625. The molecule has 22 heavy (non-hydrogen) atoms. The number of methoxy groups -OCH3 is 2. The summed E-state index contributed by atoms with van der Waals surface area (Å²) in [6, 6.07) is 6.90. The summed E-state index contributed by atoms with van der Waals surface area (Å²) in [6.45, 7) is 2.44. The van der Waals surface area contributed by atoms with Crippen molar-refractivity contribution in [3.8, 4) is 0 Å². The Hall–Kier alpha value is -1.53. The van der Waals surface area contributed by atoms with Crippen molar-refractivity contribution < 1.29 is 19.1 Å². The van der Waals surface area contributed by atoms with E-state index in [4.69, 9.17) is 9.47 Å². The van der Waals surface area contributed by atoms with Crippen molar-refractivity contribution in [2.75, 3.05) is 26.5 Å². The molecular formula is C16H21NO4S. The minimum Gasteiger partial charge on any atom is -0.467 e. The second-order valence-corrected chi connectivity index (χ2v) is 6.32. The Balaban J connectivity index is 2.28. The molecular weight excluding hydrogens is 302 g/mol. The van der Waals surface area contributed by atoms with Gasteiger partial charge < -0.3 is 14.4 Å². The molecule has 1 fully saturated rings. The highest BCUT2D eigenvalue weighted by molar-refractivity contribution is 7.99. The molecule has 0 aromatic heterocycles. The van der Waals surface area contributed by atoms with E-state index in [1.807, 2.05) is 25.1 Å². The van der Waals surface area contributed by atoms with E-state index in [9.17, 15) is 9.59 Å². The molecule has 1 aliphatic heterocycles. The van der Waals surface area contributed by atoms with E-state index in [2.05, 4.69) is 0 Å². The van der Waals surface area contributed by atoms with Crippen LogP contribution in [0.3, 0.4) is 0 Å². The molecule has 1 heterocycles. The molecule has 0 spiro atoms. The van der Waals surface area contributed by atoms with Crippen molar-refractivity contribution in [3.63, 3.8) is 0 Å². The molecule has 2 rings (SSSR count). The van der Waals surface area contributed by atoms with Crippen LogP contribution in [0, 0.1) is 0 Å². The maximum Gasteiger partial charge on any atom is 0.328 e. The summed E-state index contributed by atoms with van der Waals surface area (Å²) in [4.78, 5) is 27.3. The fraction of sp³-hybridized carbons (Fsp3) is 0.500. The summed E-state index contributed by atoms with van der Waals surface area (Å²) in [7, 11) is 2.93. The van der Waals surface area contributed by atoms with Gasteiger partial charge in [0.05, 0.1) is 18.8 Å². The number of amides is 1. The number of hydrogen-bond acceptors (Lipinski definition) is 5. The fourth-order valence-corrected chi connectivity index (χ4v) is 3.43. The molecule has 1 amide bonds. The van der Waals surface area contributed by atoms with Crippen molar-refractivity contribution in [3.05, 3.63) is 29.8 Å². The zero-order valence-electron chi connectivity index (χ0n) is 13.1. The van der Waals surface area contributed by atoms with Crippen LogP contribution in [0.5, 0.6) is 0 Å². The van der Waals surface area contributed by atoms with E-state index >= 15 is 0 Å². The summed E-state index contributed by atoms with van der Waals surface area (Å²) in [5.74, 6) is 0.339. The minimum atomic E-state index is -0.581. The first-order valence-corrected chi connectivity index (χ1v) is 8.24. The number of rotatable bonds is 5. The molecule has 0 saturated carbocycles. The molecule has 0 aliphatic carbocycles. The van der Waals surface area contributed by atoms with Crippen LogP contribution in [-0.2, 0) is 14.3 Å². The molecule has 2 unspecified atom stereocenters. The molecule has 0 radical (unpaired) electrons. The monoisotopic (exact) mass is 323 g/mol. The number of nitrogens with zero attached hydrogens (tertiary/aromatic N) is 1. The van der Waals surface area contributed by atoms with Gasteiger partial charge in [0.15, 0.2) is 0 Å². The third-order valence-corrected chi connectivity index (χ3v) is 4.70. The van der Waals surface area contributed by atoms with Gasteiger partial charge in [0.1, 0.15) is 6.04 Å². The summed E-state index contributed by atoms with van der Waals surface area (Å²) < 4.78 is 10.2. The van der Waals surface area contributed by atoms with Crippen LogP contribution in [0.25, 0.3) is 0 Å². The average Bonchev–Trinajstić information content (AvgIpc) is 2.98. The normalized spacial score (nSPS) is 21.0. The van der Waals surface area contributed by atoms with Gasteiger partial charge in [-0.3, -0.25) is 4.79 Å². The number of thioether (sulfide) groups is 1. The number of esters is 1. The van der Waals surface area contributed by atoms with Crippen LogP contribution in [0.2, 0.25) is 0 Å². The fourth-order valence-electron chi connectivity index (χ4n) is 2.63. The molecule has 0 N–H and O–H groups in total. The zero-order valence-corrected chi connectivity index (χ0v) is 13.9. The van der Waals surface area contributed by atoms with Gasteiger partial charge >= 0.3 is 5.97 Å². The van der Waals surface area contributed by atoms with Crippen molar-refractivity contribution in [1.29, 1.82) is 0 Å². The Morgan fingerprint density at radius 3 is 2.68 bits per heavy atom. The zero-order chi connectivity index (χ0) is 16.1. The Morgan fingerprint density at radius 2 is 2.05 bits per heavy atom. The van der Waals surface area contributed by atoms with Gasteiger partial charge in [0, 0.05) is 25.0 Å². The highest BCUT2D eigenvalue weighted by Gasteiger charge is 2.41. The second kappa shape index (κ2) is 7.65. The molecule has 1 aromatic rings. The quantitative estimate of drug-likeness (QED) is 0.614. The number of likely N-dealkylation sites (tertiary alicyclic amines) is 1. The van der Waals surface area contributed by atoms with Gasteiger partial charge in [0.2, 0.25) is 0 Å². The van der Waals surface area contributed by atoms with E-state index in [0.29, 0.717) is 18.5 Å². The number of carbonyl (C=O) groups is 2. The Labute approximate surface area is 135 Å². The Kier molecular flexibility index (Phi) is 5.85. The lowest BCUT2D eigenvalue weighted by Crippen LogP contribution is -2.41. The number of ether oxygens (including phenoxy) is 2. The van der Waals surface area contributed by atoms with E-state index in [0.717, 1.165) is 10.6 Å². The van der Waals surface area contributed by atoms with Crippen LogP contribution in [0.1, 0.15) is 23.7 Å². The first kappa shape index (κ1) is 16.8. The number of carbonyl (C=O) groups excluding carboxylic acids is 2. The van der Waals surface area contributed by atoms with E-state index < -0.39 is 12.0 Å². The lowest BCUT2D eigenvalue weighted by Gasteiger charge is -2.23. The Bertz CT molecular complexity index is 549. The predicted octanol–water partition coefficient (Wildman–Crippen LogP) is 2.20. The van der Waals surface area contributed by atoms with Gasteiger partial charge in [-0.2, -0.15) is 0 Å². The average molecular weight is 323 g/mol. The maximum absolute atomic E-state index is 12.9. The standard InChI is InChI=1S/C16H21NO4S/c1-4-22-14-8-6-5-7-12(14)15(18)17-10-11(20-2)9-13(17)16(19)21-3/h5-8,11,13H,4,9-10H2,1-3H3. The van der Waals surface area contributed by atoms with E-state index in [1.165, 1.54) is 7.11 Å². The predicted molar refractivity (Wildman–Crippen MR) is 85.1 cm³/mol. The molecule has 2 atom stereocenters. The highest BCUT2D eigenvalue weighted by Crippen LogP contribution is 2.28. The van der Waals surface area contributed by atoms with Crippen LogP contribution in [0.4, 0.5) is 0 Å². The Morgan fingerprint density at radius 1 is 1.32 bits per heavy atom. The largest absolute Gasteiger partial charge is 0.467 e. The summed E-state index contributed by atoms with van der Waals surface area (Å²) in [6.07, 6.45) is 0.330. The SMILES string of the molecule is CCSc1ccccc1C(=O)N1CC(OC)CC1C(=O)OC. The third kappa shape index (κ3) is 3.44. The lowest BCUT2D eigenvalue weighted by atomic mass is 10.1. The molecule has 5 nitrogen and oxygen atoms in total. The number of benzene rings is 1. The van der Waals surface area contributed by atoms with Crippen molar-refractivity contribution in [2.45, 2.75) is 30.4 Å². The van der Waals surface area contributed by atoms with Gasteiger partial charge in [-0.25, -0.2) is 4.79 Å². The smallest absolute Gasteiger partial charge is 0.328 e. The van der Waals surface area contributed by atoms with Gasteiger partial charge in [-0.05, 0) is 17.9 Å². The van der Waals surface area contributed by atoms with E-state index in [1.54, 1.807) is 29.8 Å². The summed E-state index contributed by atoms with van der Waals surface area (Å²) >= 11 is 1.62. The van der Waals surface area contributed by atoms with Crippen LogP contribution < -0.4 is 0 Å². The van der Waals surface area contributed by atoms with Crippen molar-refractivity contribution >= 4 is 23.6 Å². The molecule has 120 valence electrons. The van der Waals surface area contributed by atoms with E-state index in [-0.39, 0.29) is 12.0 Å². The molecule has 1 saturated heterocycles. The molecule has 0 bridgehead atoms. The molecule has 1 aliphatic rings. The van der Waals surface area contributed by atoms with Crippen LogP contribution in [-0.4, -0.2) is 55.4 Å². The van der Waals surface area contributed by atoms with Crippen molar-refractivity contribution in [1.82, 2.24) is 4.90 Å². The van der Waals surface area contributed by atoms with Crippen molar-refractivity contribution in [2.24, 2.45) is 0 Å². The molecule has 6 heteroatoms. The number of hydrogen-bond donors (Lipinski definition) is 0. The van der Waals surface area contributed by atoms with Gasteiger partial charge in [-0.1, -0.05) is 19.1 Å². The van der Waals surface area contributed by atoms with Crippen LogP contribution in [0.15, 0.2) is 29.2 Å². The summed E-state index contributed by atoms with van der Waals surface area (Å²) in [5, 5.41) is 0. The lowest BCUT2D eigenvalue weighted by molar-refractivity contribution is -0.145. The second-order valence-electron chi connectivity index (χ2n) is 5.02. The first-order valence-electron chi connectivity index (χ1n) is 7.25. The van der Waals surface area contributed by atoms with Crippen LogP contribution >= 0.6 is 11.8 Å². The third-order valence-electron chi connectivity index (χ3n) is 3.75.